The number of benzene rings is 1. The van der Waals surface area contributed by atoms with Crippen molar-refractivity contribution in [2.75, 3.05) is 0 Å². The lowest BCUT2D eigenvalue weighted by molar-refractivity contribution is 0.540. The lowest BCUT2D eigenvalue weighted by Crippen LogP contribution is -1.83. The highest BCUT2D eigenvalue weighted by Crippen LogP contribution is 2.22. The third-order valence-corrected chi connectivity index (χ3v) is 2.88. The second-order valence-electron chi connectivity index (χ2n) is 3.71. The van der Waals surface area contributed by atoms with Crippen LogP contribution in [-0.4, -0.2) is 4.98 Å². The van der Waals surface area contributed by atoms with E-state index in [4.69, 9.17) is 16.0 Å². The first-order valence-corrected chi connectivity index (χ1v) is 5.89. The van der Waals surface area contributed by atoms with Gasteiger partial charge in [-0.3, -0.25) is 0 Å². The summed E-state index contributed by atoms with van der Waals surface area (Å²) in [6, 6.07) is 8.24. The number of halogens is 1. The molecule has 1 aromatic carbocycles. The fourth-order valence-electron chi connectivity index (χ4n) is 1.56. The van der Waals surface area contributed by atoms with Gasteiger partial charge in [0.2, 0.25) is 5.89 Å². The van der Waals surface area contributed by atoms with Gasteiger partial charge in [-0.2, -0.15) is 0 Å². The quantitative estimate of drug-likeness (QED) is 0.753. The van der Waals surface area contributed by atoms with Gasteiger partial charge in [0.1, 0.15) is 5.76 Å². The summed E-state index contributed by atoms with van der Waals surface area (Å²) in [6.07, 6.45) is 1.04. The molecule has 0 atom stereocenters. The zero-order chi connectivity index (χ0) is 11.5. The fourth-order valence-corrected chi connectivity index (χ4v) is 1.81. The van der Waals surface area contributed by atoms with Gasteiger partial charge in [-0.1, -0.05) is 19.1 Å². The van der Waals surface area contributed by atoms with Gasteiger partial charge >= 0.3 is 0 Å². The van der Waals surface area contributed by atoms with Crippen LogP contribution in [0.3, 0.4) is 0 Å². The van der Waals surface area contributed by atoms with Crippen molar-refractivity contribution >= 4 is 11.6 Å². The van der Waals surface area contributed by atoms with Crippen LogP contribution in [0.25, 0.3) is 11.5 Å². The van der Waals surface area contributed by atoms with Crippen LogP contribution in [0, 0.1) is 6.92 Å². The van der Waals surface area contributed by atoms with Crippen LogP contribution < -0.4 is 0 Å². The maximum absolute atomic E-state index is 5.76. The van der Waals surface area contributed by atoms with Crippen LogP contribution in [0.2, 0.25) is 0 Å². The number of aryl methyl sites for hydroxylation is 2. The number of hydrogen-bond donors (Lipinski definition) is 0. The fraction of sp³-hybridized carbons (Fsp3) is 0.308. The predicted octanol–water partition coefficient (Wildman–Crippen LogP) is 3.95. The normalized spacial score (nSPS) is 10.7. The van der Waals surface area contributed by atoms with E-state index in [1.807, 2.05) is 19.1 Å². The van der Waals surface area contributed by atoms with Crippen molar-refractivity contribution in [2.24, 2.45) is 0 Å². The smallest absolute Gasteiger partial charge is 0.226 e. The minimum Gasteiger partial charge on any atom is -0.441 e. The molecule has 84 valence electrons. The molecule has 0 bridgehead atoms. The molecule has 0 saturated carbocycles. The highest BCUT2D eigenvalue weighted by molar-refractivity contribution is 6.16. The maximum atomic E-state index is 5.76. The number of alkyl halides is 1. The molecule has 16 heavy (non-hydrogen) atoms. The predicted molar refractivity (Wildman–Crippen MR) is 65.6 cm³/mol. The highest BCUT2D eigenvalue weighted by Gasteiger charge is 2.09. The van der Waals surface area contributed by atoms with Crippen LogP contribution in [0.15, 0.2) is 28.7 Å². The largest absolute Gasteiger partial charge is 0.441 e. The Kier molecular flexibility index (Phi) is 3.30. The molecular formula is C13H14ClNO. The van der Waals surface area contributed by atoms with E-state index in [0.717, 1.165) is 23.4 Å². The summed E-state index contributed by atoms with van der Waals surface area (Å²) >= 11 is 5.76. The van der Waals surface area contributed by atoms with Gasteiger partial charge in [0.15, 0.2) is 0 Å². The van der Waals surface area contributed by atoms with Gasteiger partial charge in [0.05, 0.1) is 11.6 Å². The lowest BCUT2D eigenvalue weighted by atomic mass is 10.1. The van der Waals surface area contributed by atoms with Crippen LogP contribution in [0.4, 0.5) is 0 Å². The molecule has 2 rings (SSSR count). The molecule has 0 radical (unpaired) electrons. The molecule has 0 N–H and O–H groups in total. The van der Waals surface area contributed by atoms with E-state index in [1.165, 1.54) is 5.56 Å². The Bertz CT molecular complexity index is 473. The summed E-state index contributed by atoms with van der Waals surface area (Å²) in [4.78, 5) is 4.36. The third-order valence-electron chi connectivity index (χ3n) is 2.63. The highest BCUT2D eigenvalue weighted by atomic mass is 35.5. The second kappa shape index (κ2) is 4.71. The lowest BCUT2D eigenvalue weighted by Gasteiger charge is -1.97. The first-order chi connectivity index (χ1) is 7.74. The van der Waals surface area contributed by atoms with Crippen LogP contribution >= 0.6 is 11.6 Å². The third kappa shape index (κ3) is 2.12. The number of nitrogens with zero attached hydrogens (tertiary/aromatic N) is 1. The van der Waals surface area contributed by atoms with Gasteiger partial charge in [-0.25, -0.2) is 4.98 Å². The van der Waals surface area contributed by atoms with E-state index in [9.17, 15) is 0 Å². The molecule has 0 aliphatic heterocycles. The van der Waals surface area contributed by atoms with Gasteiger partial charge in [0.25, 0.3) is 0 Å². The monoisotopic (exact) mass is 235 g/mol. The molecule has 0 saturated heterocycles. The van der Waals surface area contributed by atoms with E-state index < -0.39 is 0 Å². The Morgan fingerprint density at radius 3 is 2.44 bits per heavy atom. The van der Waals surface area contributed by atoms with Crippen molar-refractivity contribution in [1.29, 1.82) is 0 Å². The van der Waals surface area contributed by atoms with E-state index in [-0.39, 0.29) is 0 Å². The number of aromatic nitrogens is 1. The Hall–Kier alpha value is -1.28. The summed E-state index contributed by atoms with van der Waals surface area (Å²) in [5.41, 5.74) is 3.12. The van der Waals surface area contributed by atoms with E-state index >= 15 is 0 Å². The molecule has 0 spiro atoms. The minimum absolute atomic E-state index is 0.391. The van der Waals surface area contributed by atoms with Crippen molar-refractivity contribution in [1.82, 2.24) is 4.98 Å². The Labute approximate surface area is 100 Å². The zero-order valence-electron chi connectivity index (χ0n) is 9.46. The summed E-state index contributed by atoms with van der Waals surface area (Å²) < 4.78 is 5.57. The zero-order valence-corrected chi connectivity index (χ0v) is 10.2. The van der Waals surface area contributed by atoms with Crippen molar-refractivity contribution < 1.29 is 4.42 Å². The molecule has 0 amide bonds. The number of hydrogen-bond acceptors (Lipinski definition) is 2. The van der Waals surface area contributed by atoms with Crippen LogP contribution in [0.1, 0.15) is 23.9 Å². The van der Waals surface area contributed by atoms with Crippen molar-refractivity contribution in [2.45, 2.75) is 26.1 Å². The average Bonchev–Trinajstić information content (AvgIpc) is 2.71. The number of oxazole rings is 1. The Morgan fingerprint density at radius 1 is 1.25 bits per heavy atom. The minimum atomic E-state index is 0.391. The van der Waals surface area contributed by atoms with Crippen LogP contribution in [0.5, 0.6) is 0 Å². The molecule has 0 aliphatic carbocycles. The van der Waals surface area contributed by atoms with Crippen molar-refractivity contribution in [3.05, 3.63) is 41.3 Å². The van der Waals surface area contributed by atoms with Crippen LogP contribution in [-0.2, 0) is 12.3 Å². The molecule has 2 nitrogen and oxygen atoms in total. The summed E-state index contributed by atoms with van der Waals surface area (Å²) in [6.45, 7) is 4.02. The number of rotatable bonds is 3. The summed E-state index contributed by atoms with van der Waals surface area (Å²) in [5.74, 6) is 1.84. The SMILES string of the molecule is CCc1ccc(-c2nc(CCl)c(C)o2)cc1. The summed E-state index contributed by atoms with van der Waals surface area (Å²) in [7, 11) is 0. The first-order valence-electron chi connectivity index (χ1n) is 5.36. The maximum Gasteiger partial charge on any atom is 0.226 e. The molecule has 1 heterocycles. The van der Waals surface area contributed by atoms with Gasteiger partial charge < -0.3 is 4.42 Å². The van der Waals surface area contributed by atoms with E-state index in [2.05, 4.69) is 24.0 Å². The topological polar surface area (TPSA) is 26.0 Å². The Morgan fingerprint density at radius 2 is 1.94 bits per heavy atom. The van der Waals surface area contributed by atoms with Gasteiger partial charge in [0, 0.05) is 5.56 Å². The molecule has 1 aromatic heterocycles. The molecule has 0 fully saturated rings. The second-order valence-corrected chi connectivity index (χ2v) is 3.97. The van der Waals surface area contributed by atoms with E-state index in [0.29, 0.717) is 11.8 Å². The molecular weight excluding hydrogens is 222 g/mol. The summed E-state index contributed by atoms with van der Waals surface area (Å²) in [5, 5.41) is 0. The van der Waals surface area contributed by atoms with Gasteiger partial charge in [-0.05, 0) is 31.0 Å². The molecule has 2 aromatic rings. The molecule has 0 aliphatic rings. The molecule has 3 heteroatoms. The van der Waals surface area contributed by atoms with Crippen molar-refractivity contribution in [3.63, 3.8) is 0 Å². The average molecular weight is 236 g/mol. The van der Waals surface area contributed by atoms with E-state index in [1.54, 1.807) is 0 Å². The standard InChI is InChI=1S/C13H14ClNO/c1-3-10-4-6-11(7-5-10)13-15-12(8-14)9(2)16-13/h4-7H,3,8H2,1-2H3. The van der Waals surface area contributed by atoms with Gasteiger partial charge in [-0.15, -0.1) is 11.6 Å². The molecule has 0 unspecified atom stereocenters. The Balaban J connectivity index is 2.34. The van der Waals surface area contributed by atoms with Crippen molar-refractivity contribution in [3.8, 4) is 11.5 Å². The first kappa shape index (κ1) is 11.2.